The van der Waals surface area contributed by atoms with Gasteiger partial charge in [0, 0.05) is 18.9 Å². The fourth-order valence-electron chi connectivity index (χ4n) is 2.67. The fourth-order valence-corrected chi connectivity index (χ4v) is 2.67. The lowest BCUT2D eigenvalue weighted by atomic mass is 9.75. The summed E-state index contributed by atoms with van der Waals surface area (Å²) in [5.41, 5.74) is 2.28. The van der Waals surface area contributed by atoms with Crippen LogP contribution in [0.5, 0.6) is 0 Å². The summed E-state index contributed by atoms with van der Waals surface area (Å²) in [6.45, 7) is 6.10. The monoisotopic (exact) mass is 264 g/mol. The topological polar surface area (TPSA) is 17.1 Å². The van der Waals surface area contributed by atoms with Gasteiger partial charge in [-0.1, -0.05) is 19.4 Å². The first-order chi connectivity index (χ1) is 8.88. The van der Waals surface area contributed by atoms with Crippen molar-refractivity contribution >= 4 is 5.78 Å². The minimum atomic E-state index is -0.599. The van der Waals surface area contributed by atoms with Gasteiger partial charge in [0.25, 0.3) is 0 Å². The Hall–Kier alpha value is -1.51. The number of halogens is 2. The van der Waals surface area contributed by atoms with Gasteiger partial charge >= 0.3 is 0 Å². The van der Waals surface area contributed by atoms with E-state index in [2.05, 4.69) is 13.8 Å². The molecule has 0 heterocycles. The molecule has 102 valence electrons. The van der Waals surface area contributed by atoms with Crippen molar-refractivity contribution in [2.24, 2.45) is 11.8 Å². The van der Waals surface area contributed by atoms with Crippen molar-refractivity contribution in [3.8, 4) is 0 Å². The molecule has 0 spiro atoms. The molecule has 19 heavy (non-hydrogen) atoms. The van der Waals surface area contributed by atoms with E-state index in [1.807, 2.05) is 6.92 Å². The van der Waals surface area contributed by atoms with Gasteiger partial charge in [-0.3, -0.25) is 4.79 Å². The Balaban J connectivity index is 2.33. The van der Waals surface area contributed by atoms with Crippen LogP contribution in [0.4, 0.5) is 8.78 Å². The second kappa shape index (κ2) is 5.24. The SMILES string of the molecule is CC1=C(Cc2cc(F)cc(F)c2)C(=O)CC(C)C1C. The number of ketones is 1. The molecular weight excluding hydrogens is 246 g/mol. The van der Waals surface area contributed by atoms with Crippen molar-refractivity contribution in [2.45, 2.75) is 33.6 Å². The van der Waals surface area contributed by atoms with E-state index in [1.54, 1.807) is 0 Å². The van der Waals surface area contributed by atoms with Crippen molar-refractivity contribution in [2.75, 3.05) is 0 Å². The van der Waals surface area contributed by atoms with Crippen LogP contribution in [0.25, 0.3) is 0 Å². The van der Waals surface area contributed by atoms with Crippen LogP contribution in [0.2, 0.25) is 0 Å². The molecule has 0 saturated carbocycles. The van der Waals surface area contributed by atoms with E-state index >= 15 is 0 Å². The lowest BCUT2D eigenvalue weighted by molar-refractivity contribution is -0.117. The van der Waals surface area contributed by atoms with E-state index in [0.29, 0.717) is 30.2 Å². The zero-order valence-electron chi connectivity index (χ0n) is 11.5. The molecule has 0 fully saturated rings. The van der Waals surface area contributed by atoms with Crippen LogP contribution in [0.15, 0.2) is 29.3 Å². The van der Waals surface area contributed by atoms with E-state index in [1.165, 1.54) is 12.1 Å². The highest BCUT2D eigenvalue weighted by Crippen LogP contribution is 2.33. The third-order valence-electron chi connectivity index (χ3n) is 4.16. The molecule has 0 aromatic heterocycles. The molecule has 1 nitrogen and oxygen atoms in total. The van der Waals surface area contributed by atoms with Gasteiger partial charge in [-0.2, -0.15) is 0 Å². The number of carbonyl (C=O) groups is 1. The second-order valence-electron chi connectivity index (χ2n) is 5.51. The summed E-state index contributed by atoms with van der Waals surface area (Å²) < 4.78 is 26.3. The Morgan fingerprint density at radius 1 is 1.16 bits per heavy atom. The molecule has 0 amide bonds. The summed E-state index contributed by atoms with van der Waals surface area (Å²) in [7, 11) is 0. The third-order valence-corrected chi connectivity index (χ3v) is 4.16. The molecule has 2 rings (SSSR count). The van der Waals surface area contributed by atoms with Gasteiger partial charge in [-0.05, 0) is 42.0 Å². The van der Waals surface area contributed by atoms with Crippen LogP contribution in [0.3, 0.4) is 0 Å². The van der Waals surface area contributed by atoms with Crippen LogP contribution in [-0.2, 0) is 11.2 Å². The van der Waals surface area contributed by atoms with Gasteiger partial charge in [-0.15, -0.1) is 0 Å². The zero-order chi connectivity index (χ0) is 14.2. The minimum Gasteiger partial charge on any atom is -0.295 e. The number of carbonyl (C=O) groups excluding carboxylic acids is 1. The molecule has 2 unspecified atom stereocenters. The van der Waals surface area contributed by atoms with Crippen LogP contribution in [-0.4, -0.2) is 5.78 Å². The summed E-state index contributed by atoms with van der Waals surface area (Å²) >= 11 is 0. The van der Waals surface area contributed by atoms with Crippen molar-refractivity contribution < 1.29 is 13.6 Å². The van der Waals surface area contributed by atoms with Gasteiger partial charge in [0.15, 0.2) is 5.78 Å². The van der Waals surface area contributed by atoms with Crippen molar-refractivity contribution in [1.29, 1.82) is 0 Å². The Bertz CT molecular complexity index is 525. The lowest BCUT2D eigenvalue weighted by Crippen LogP contribution is -2.24. The predicted molar refractivity (Wildman–Crippen MR) is 70.7 cm³/mol. The molecule has 1 aliphatic carbocycles. The Morgan fingerprint density at radius 2 is 1.74 bits per heavy atom. The Labute approximate surface area is 112 Å². The second-order valence-corrected chi connectivity index (χ2v) is 5.51. The summed E-state index contributed by atoms with van der Waals surface area (Å²) in [4.78, 5) is 12.1. The molecule has 0 aliphatic heterocycles. The molecule has 0 saturated heterocycles. The number of allylic oxidation sites excluding steroid dienone is 2. The molecule has 0 bridgehead atoms. The first-order valence-electron chi connectivity index (χ1n) is 6.56. The smallest absolute Gasteiger partial charge is 0.159 e. The number of hydrogen-bond acceptors (Lipinski definition) is 1. The number of hydrogen-bond donors (Lipinski definition) is 0. The van der Waals surface area contributed by atoms with Crippen molar-refractivity contribution in [3.63, 3.8) is 0 Å². The highest BCUT2D eigenvalue weighted by molar-refractivity contribution is 5.97. The number of rotatable bonds is 2. The first-order valence-corrected chi connectivity index (χ1v) is 6.56. The zero-order valence-corrected chi connectivity index (χ0v) is 11.5. The molecule has 1 aliphatic rings. The van der Waals surface area contributed by atoms with Gasteiger partial charge in [0.2, 0.25) is 0 Å². The molecule has 3 heteroatoms. The van der Waals surface area contributed by atoms with Crippen LogP contribution in [0.1, 0.15) is 32.8 Å². The molecule has 0 N–H and O–H groups in total. The van der Waals surface area contributed by atoms with Gasteiger partial charge in [-0.25, -0.2) is 8.78 Å². The molecule has 0 radical (unpaired) electrons. The normalized spacial score (nSPS) is 23.9. The average Bonchev–Trinajstić information content (AvgIpc) is 2.31. The van der Waals surface area contributed by atoms with Gasteiger partial charge in [0.05, 0.1) is 0 Å². The maximum absolute atomic E-state index is 13.2. The maximum atomic E-state index is 13.2. The minimum absolute atomic E-state index is 0.104. The number of benzene rings is 1. The molecule has 1 aromatic rings. The van der Waals surface area contributed by atoms with Crippen molar-refractivity contribution in [1.82, 2.24) is 0 Å². The highest BCUT2D eigenvalue weighted by atomic mass is 19.1. The summed E-state index contributed by atoms with van der Waals surface area (Å²) in [5, 5.41) is 0. The summed E-state index contributed by atoms with van der Waals surface area (Å²) in [5.74, 6) is -0.421. The Kier molecular flexibility index (Phi) is 3.83. The van der Waals surface area contributed by atoms with E-state index in [9.17, 15) is 13.6 Å². The Morgan fingerprint density at radius 3 is 2.32 bits per heavy atom. The van der Waals surface area contributed by atoms with E-state index < -0.39 is 11.6 Å². The predicted octanol–water partition coefficient (Wildman–Crippen LogP) is 4.07. The van der Waals surface area contributed by atoms with Crippen LogP contribution >= 0.6 is 0 Å². The molecular formula is C16H18F2O. The fraction of sp³-hybridized carbons (Fsp3) is 0.438. The largest absolute Gasteiger partial charge is 0.295 e. The third kappa shape index (κ3) is 2.91. The van der Waals surface area contributed by atoms with E-state index in [0.717, 1.165) is 17.2 Å². The number of Topliss-reactive ketones (excluding diaryl/α,β-unsaturated/α-hetero) is 1. The quantitative estimate of drug-likeness (QED) is 0.787. The summed E-state index contributed by atoms with van der Waals surface area (Å²) in [6, 6.07) is 3.43. The van der Waals surface area contributed by atoms with Gasteiger partial charge in [0.1, 0.15) is 11.6 Å². The highest BCUT2D eigenvalue weighted by Gasteiger charge is 2.28. The maximum Gasteiger partial charge on any atom is 0.159 e. The summed E-state index contributed by atoms with van der Waals surface area (Å²) in [6.07, 6.45) is 0.835. The van der Waals surface area contributed by atoms with Crippen LogP contribution < -0.4 is 0 Å². The van der Waals surface area contributed by atoms with E-state index in [-0.39, 0.29) is 5.78 Å². The lowest BCUT2D eigenvalue weighted by Gasteiger charge is -2.28. The molecule has 2 atom stereocenters. The van der Waals surface area contributed by atoms with Crippen LogP contribution in [0, 0.1) is 23.5 Å². The van der Waals surface area contributed by atoms with Crippen molar-refractivity contribution in [3.05, 3.63) is 46.5 Å². The standard InChI is InChI=1S/C16H18F2O/c1-9-4-16(19)15(11(3)10(9)2)7-12-5-13(17)8-14(18)6-12/h5-6,8-10H,4,7H2,1-3H3. The van der Waals surface area contributed by atoms with Gasteiger partial charge < -0.3 is 0 Å². The van der Waals surface area contributed by atoms with E-state index in [4.69, 9.17) is 0 Å². The first kappa shape index (κ1) is 13.9. The molecule has 1 aromatic carbocycles. The average molecular weight is 264 g/mol.